The van der Waals surface area contributed by atoms with Gasteiger partial charge in [-0.3, -0.25) is 9.59 Å². The van der Waals surface area contributed by atoms with Crippen LogP contribution in [-0.4, -0.2) is 47.8 Å². The smallest absolute Gasteiger partial charge is 0.219 e. The number of carbonyl (C=O) groups excluding carboxylic acids is 2. The van der Waals surface area contributed by atoms with E-state index in [1.54, 1.807) is 17.9 Å². The van der Waals surface area contributed by atoms with Crippen molar-refractivity contribution >= 4 is 23.3 Å². The minimum Gasteiger partial charge on any atom is -0.496 e. The molecule has 1 saturated heterocycles. The number of halogens is 2. The molecule has 2 heterocycles. The summed E-state index contributed by atoms with van der Waals surface area (Å²) in [6.07, 6.45) is 1.51. The van der Waals surface area contributed by atoms with Gasteiger partial charge in [-0.15, -0.1) is 0 Å². The zero-order valence-electron chi connectivity index (χ0n) is 16.2. The third-order valence-corrected chi connectivity index (χ3v) is 4.97. The van der Waals surface area contributed by atoms with Crippen molar-refractivity contribution in [2.75, 3.05) is 31.2 Å². The molecule has 2 aromatic rings. The number of hydrogen-bond acceptors (Lipinski definition) is 6. The van der Waals surface area contributed by atoms with Crippen LogP contribution in [0.5, 0.6) is 5.75 Å². The van der Waals surface area contributed by atoms with E-state index in [1.165, 1.54) is 19.2 Å². The lowest BCUT2D eigenvalue weighted by atomic mass is 10.0. The van der Waals surface area contributed by atoms with Crippen LogP contribution >= 0.6 is 0 Å². The summed E-state index contributed by atoms with van der Waals surface area (Å²) < 4.78 is 32.8. The fourth-order valence-corrected chi connectivity index (χ4v) is 3.34. The fourth-order valence-electron chi connectivity index (χ4n) is 3.34. The number of piperidine rings is 1. The maximum atomic E-state index is 14.2. The first-order valence-corrected chi connectivity index (χ1v) is 9.17. The Balaban J connectivity index is 1.78. The van der Waals surface area contributed by atoms with Crippen molar-refractivity contribution in [3.63, 3.8) is 0 Å². The van der Waals surface area contributed by atoms with Gasteiger partial charge >= 0.3 is 0 Å². The largest absolute Gasteiger partial charge is 0.496 e. The highest BCUT2D eigenvalue weighted by Gasteiger charge is 2.25. The van der Waals surface area contributed by atoms with Gasteiger partial charge in [0.2, 0.25) is 11.7 Å². The molecule has 1 aliphatic heterocycles. The van der Waals surface area contributed by atoms with Crippen LogP contribution in [0.25, 0.3) is 0 Å². The molecule has 0 saturated carbocycles. The van der Waals surface area contributed by atoms with E-state index in [0.717, 1.165) is 18.9 Å². The lowest BCUT2D eigenvalue weighted by Crippen LogP contribution is -2.41. The monoisotopic (exact) mass is 404 g/mol. The summed E-state index contributed by atoms with van der Waals surface area (Å²) in [6, 6.07) is 5.15. The lowest BCUT2D eigenvalue weighted by Gasteiger charge is -2.32. The van der Waals surface area contributed by atoms with Crippen LogP contribution in [0, 0.1) is 11.6 Å². The molecule has 7 nitrogen and oxygen atoms in total. The number of likely N-dealkylation sites (tertiary alicyclic amines) is 1. The SMILES string of the molecule is COc1ccc(F)c(F)c1C(=O)c1ccc(NC2CCN(C(C)=O)CC2)nc1N. The topological polar surface area (TPSA) is 97.5 Å². The predicted octanol–water partition coefficient (Wildman–Crippen LogP) is 2.60. The van der Waals surface area contributed by atoms with Gasteiger partial charge < -0.3 is 20.7 Å². The third kappa shape index (κ3) is 4.28. The van der Waals surface area contributed by atoms with Gasteiger partial charge in [-0.05, 0) is 37.1 Å². The number of carbonyl (C=O) groups is 2. The Labute approximate surface area is 166 Å². The van der Waals surface area contributed by atoms with Crippen LogP contribution in [0.2, 0.25) is 0 Å². The zero-order valence-corrected chi connectivity index (χ0v) is 16.2. The molecule has 0 spiro atoms. The lowest BCUT2D eigenvalue weighted by molar-refractivity contribution is -0.129. The van der Waals surface area contributed by atoms with Crippen LogP contribution < -0.4 is 15.8 Å². The van der Waals surface area contributed by atoms with Gasteiger partial charge in [-0.1, -0.05) is 0 Å². The molecule has 29 heavy (non-hydrogen) atoms. The predicted molar refractivity (Wildman–Crippen MR) is 104 cm³/mol. The molecule has 9 heteroatoms. The first-order valence-electron chi connectivity index (χ1n) is 9.17. The van der Waals surface area contributed by atoms with Gasteiger partial charge in [0, 0.05) is 26.1 Å². The molecule has 0 bridgehead atoms. The number of nitrogens with two attached hydrogens (primary N) is 1. The van der Waals surface area contributed by atoms with Crippen molar-refractivity contribution in [2.45, 2.75) is 25.8 Å². The number of nitrogens with one attached hydrogen (secondary N) is 1. The second-order valence-electron chi connectivity index (χ2n) is 6.82. The second-order valence-corrected chi connectivity index (χ2v) is 6.82. The Hall–Kier alpha value is -3.23. The summed E-state index contributed by atoms with van der Waals surface area (Å²) >= 11 is 0. The number of pyridine rings is 1. The molecule has 0 radical (unpaired) electrons. The van der Waals surface area contributed by atoms with Crippen molar-refractivity contribution < 1.29 is 23.1 Å². The average Bonchev–Trinajstić information content (AvgIpc) is 2.70. The molecular weight excluding hydrogens is 382 g/mol. The van der Waals surface area contributed by atoms with Crippen molar-refractivity contribution in [2.24, 2.45) is 0 Å². The maximum Gasteiger partial charge on any atom is 0.219 e. The number of hydrogen-bond donors (Lipinski definition) is 2. The van der Waals surface area contributed by atoms with E-state index in [0.29, 0.717) is 18.9 Å². The Morgan fingerprint density at radius 1 is 1.21 bits per heavy atom. The van der Waals surface area contributed by atoms with Crippen LogP contribution in [0.1, 0.15) is 35.7 Å². The Morgan fingerprint density at radius 2 is 1.90 bits per heavy atom. The number of benzene rings is 1. The number of ether oxygens (including phenoxy) is 1. The van der Waals surface area contributed by atoms with Crippen LogP contribution in [-0.2, 0) is 4.79 Å². The van der Waals surface area contributed by atoms with E-state index in [9.17, 15) is 18.4 Å². The Kier molecular flexibility index (Phi) is 5.95. The van der Waals surface area contributed by atoms with Crippen LogP contribution in [0.3, 0.4) is 0 Å². The van der Waals surface area contributed by atoms with Crippen molar-refractivity contribution in [3.8, 4) is 5.75 Å². The molecule has 154 valence electrons. The molecule has 1 amide bonds. The summed E-state index contributed by atoms with van der Waals surface area (Å²) in [7, 11) is 1.26. The molecule has 0 atom stereocenters. The number of nitrogen functional groups attached to an aromatic ring is 1. The zero-order chi connectivity index (χ0) is 21.1. The number of anilines is 2. The highest BCUT2D eigenvalue weighted by atomic mass is 19.2. The number of nitrogens with zero attached hydrogens (tertiary/aromatic N) is 2. The third-order valence-electron chi connectivity index (χ3n) is 4.97. The van der Waals surface area contributed by atoms with Crippen LogP contribution in [0.15, 0.2) is 24.3 Å². The first kappa shape index (κ1) is 20.5. The molecule has 1 fully saturated rings. The highest BCUT2D eigenvalue weighted by Crippen LogP contribution is 2.28. The molecule has 0 aliphatic carbocycles. The van der Waals surface area contributed by atoms with Gasteiger partial charge in [0.1, 0.15) is 22.9 Å². The van der Waals surface area contributed by atoms with Gasteiger partial charge in [-0.2, -0.15) is 0 Å². The van der Waals surface area contributed by atoms with Crippen LogP contribution in [0.4, 0.5) is 20.4 Å². The molecule has 1 aromatic heterocycles. The van der Waals surface area contributed by atoms with Gasteiger partial charge in [-0.25, -0.2) is 13.8 Å². The van der Waals surface area contributed by atoms with Crippen molar-refractivity contribution in [1.82, 2.24) is 9.88 Å². The minimum absolute atomic E-state index is 0.0497. The van der Waals surface area contributed by atoms with E-state index in [-0.39, 0.29) is 29.1 Å². The van der Waals surface area contributed by atoms with Gasteiger partial charge in [0.05, 0.1) is 12.7 Å². The Morgan fingerprint density at radius 3 is 2.48 bits per heavy atom. The Bertz CT molecular complexity index is 944. The molecule has 3 N–H and O–H groups in total. The van der Waals surface area contributed by atoms with Gasteiger partial charge in [0.15, 0.2) is 11.6 Å². The van der Waals surface area contributed by atoms with Crippen molar-refractivity contribution in [1.29, 1.82) is 0 Å². The molecule has 0 unspecified atom stereocenters. The molecule has 3 rings (SSSR count). The van der Waals surface area contributed by atoms with E-state index in [1.807, 2.05) is 0 Å². The average molecular weight is 404 g/mol. The van der Waals surface area contributed by atoms with Crippen molar-refractivity contribution in [3.05, 3.63) is 47.0 Å². The molecular formula is C20H22F2N4O3. The summed E-state index contributed by atoms with van der Waals surface area (Å²) in [5.74, 6) is -2.95. The molecule has 1 aromatic carbocycles. The number of methoxy groups -OCH3 is 1. The summed E-state index contributed by atoms with van der Waals surface area (Å²) in [4.78, 5) is 30.1. The number of rotatable bonds is 5. The second kappa shape index (κ2) is 8.42. The van der Waals surface area contributed by atoms with E-state index in [4.69, 9.17) is 10.5 Å². The summed E-state index contributed by atoms with van der Waals surface area (Å²) in [5.41, 5.74) is 5.34. The fraction of sp³-hybridized carbons (Fsp3) is 0.350. The number of aromatic nitrogens is 1. The molecule has 1 aliphatic rings. The first-order chi connectivity index (χ1) is 13.8. The minimum atomic E-state index is -1.30. The van der Waals surface area contributed by atoms with E-state index in [2.05, 4.69) is 10.3 Å². The van der Waals surface area contributed by atoms with Gasteiger partial charge in [0.25, 0.3) is 0 Å². The quantitative estimate of drug-likeness (QED) is 0.744. The normalized spacial score (nSPS) is 14.6. The maximum absolute atomic E-state index is 14.2. The highest BCUT2D eigenvalue weighted by molar-refractivity contribution is 6.13. The standard InChI is InChI=1S/C20H22F2N4O3/c1-11(27)26-9-7-12(8-10-26)24-16-6-3-13(20(23)25-16)19(28)17-15(29-2)5-4-14(21)18(17)22/h3-6,12H,7-10H2,1-2H3,(H3,23,24,25). The van der Waals surface area contributed by atoms with E-state index >= 15 is 0 Å². The van der Waals surface area contributed by atoms with E-state index < -0.39 is 23.0 Å². The number of ketones is 1. The summed E-state index contributed by atoms with van der Waals surface area (Å²) in [6.45, 7) is 2.84. The number of amides is 1. The summed E-state index contributed by atoms with van der Waals surface area (Å²) in [5, 5.41) is 3.23.